The molecule has 6 atom stereocenters. The highest BCUT2D eigenvalue weighted by Crippen LogP contribution is 2.46. The first-order valence-corrected chi connectivity index (χ1v) is 25.5. The van der Waals surface area contributed by atoms with E-state index in [-0.39, 0.29) is 29.8 Å². The van der Waals surface area contributed by atoms with Crippen LogP contribution in [0.15, 0.2) is 61.1 Å². The highest BCUT2D eigenvalue weighted by Gasteiger charge is 2.57. The third-order valence-corrected chi connectivity index (χ3v) is 15.0. The number of rotatable bonds is 23. The standard InChI is InChI=1S/C53H65F10N9O8/c1-29-23-72(30(2)22-71(29)36-27-80-28-36)48-64-20-35(21-65-48)32-11-9-31(10-12-32)15-34(18-42(73)46(66-49(77)79-8)51(5,6)53(61,62)63)43(74)25-70(68-47(76)38(19-45(75)78-7)50(3,4)52(58,59)60)24-37-39(54)16-33(17-40(37)55)41-13-14-69(67-41)26-44(56)57/h9-14,16-17,20-21,29-30,34,36,38,43-44,46,74H,15,18-19,22-28H2,1-8H3,(H,66,77)(H,68,76)/t29-,30-,34-,38-,43+,46-/m1/s1. The summed E-state index contributed by atoms with van der Waals surface area (Å²) in [6.07, 6.45) is -14.6. The molecule has 440 valence electrons. The van der Waals surface area contributed by atoms with Gasteiger partial charge >= 0.3 is 24.4 Å². The van der Waals surface area contributed by atoms with E-state index in [0.29, 0.717) is 81.1 Å². The molecule has 0 radical (unpaired) electrons. The van der Waals surface area contributed by atoms with Gasteiger partial charge in [0.25, 0.3) is 6.43 Å². The first kappa shape index (κ1) is 62.7. The van der Waals surface area contributed by atoms with Gasteiger partial charge < -0.3 is 29.5 Å². The fraction of sp³-hybridized carbons (Fsp3) is 0.566. The number of halogens is 10. The molecule has 0 spiro atoms. The van der Waals surface area contributed by atoms with E-state index in [1.165, 1.54) is 6.07 Å². The van der Waals surface area contributed by atoms with Crippen LogP contribution in [-0.2, 0) is 48.1 Å². The van der Waals surface area contributed by atoms with Gasteiger partial charge in [0.15, 0.2) is 5.78 Å². The molecular weight excluding hydrogens is 1080 g/mol. The number of anilines is 1. The molecule has 2 aliphatic rings. The number of nitrogens with one attached hydrogen (secondary N) is 2. The number of aliphatic hydroxyl groups excluding tert-OH is 1. The molecule has 2 saturated heterocycles. The van der Waals surface area contributed by atoms with Crippen molar-refractivity contribution in [2.45, 2.75) is 123 Å². The Labute approximate surface area is 455 Å². The predicted octanol–water partition coefficient (Wildman–Crippen LogP) is 7.94. The molecule has 0 bridgehead atoms. The maximum absolute atomic E-state index is 16.2. The van der Waals surface area contributed by atoms with E-state index in [1.807, 2.05) is 5.32 Å². The summed E-state index contributed by atoms with van der Waals surface area (Å²) < 4.78 is 161. The van der Waals surface area contributed by atoms with Crippen LogP contribution < -0.4 is 15.6 Å². The van der Waals surface area contributed by atoms with Crippen molar-refractivity contribution in [3.8, 4) is 22.4 Å². The summed E-state index contributed by atoms with van der Waals surface area (Å²) >= 11 is 0. The number of ether oxygens (including phenoxy) is 3. The van der Waals surface area contributed by atoms with Crippen LogP contribution in [0.3, 0.4) is 0 Å². The quantitative estimate of drug-likeness (QED) is 0.0368. The van der Waals surface area contributed by atoms with Crippen LogP contribution in [-0.4, -0.2) is 155 Å². The number of aliphatic hydroxyl groups is 1. The van der Waals surface area contributed by atoms with Gasteiger partial charge in [-0.1, -0.05) is 38.1 Å². The predicted molar refractivity (Wildman–Crippen MR) is 269 cm³/mol. The summed E-state index contributed by atoms with van der Waals surface area (Å²) in [6.45, 7) is 6.61. The average molecular weight is 1150 g/mol. The highest BCUT2D eigenvalue weighted by atomic mass is 19.4. The molecule has 2 fully saturated rings. The van der Waals surface area contributed by atoms with E-state index in [4.69, 9.17) is 4.74 Å². The van der Waals surface area contributed by atoms with Crippen LogP contribution in [0.25, 0.3) is 22.4 Å². The average Bonchev–Trinajstić information content (AvgIpc) is 3.85. The van der Waals surface area contributed by atoms with Gasteiger partial charge in [-0.25, -0.2) is 37.3 Å². The Bertz CT molecular complexity index is 2760. The number of carbonyl (C=O) groups is 4. The van der Waals surface area contributed by atoms with Crippen LogP contribution in [0.5, 0.6) is 0 Å². The highest BCUT2D eigenvalue weighted by molar-refractivity contribution is 5.88. The van der Waals surface area contributed by atoms with Crippen LogP contribution in [0.4, 0.5) is 54.6 Å². The minimum absolute atomic E-state index is 0.0905. The SMILES string of the molecule is COC(=O)C[C@H](C(=O)NN(Cc1c(F)cc(-c2ccn(CC(F)F)n2)cc1F)C[C@H](O)[C@@H](CC(=O)[C@@H](NC(=O)OC)C(C)(C)C(F)(F)F)Cc1ccc(-c2cnc(N3C[C@@H](C)N(C4COC4)C[C@H]3C)nc2)cc1)C(C)(C)C(F)(F)F. The Balaban J connectivity index is 1.35. The molecular formula is C53H65F10N9O8. The number of hydrazine groups is 1. The number of hydrogen-bond acceptors (Lipinski definition) is 14. The van der Waals surface area contributed by atoms with E-state index < -0.39 is 127 Å². The first-order valence-electron chi connectivity index (χ1n) is 25.5. The molecule has 2 aromatic heterocycles. The van der Waals surface area contributed by atoms with Crippen molar-refractivity contribution in [3.05, 3.63) is 83.8 Å². The number of Topliss-reactive ketones (excluding diaryl/α,β-unsaturated/α-hetero) is 1. The van der Waals surface area contributed by atoms with Gasteiger partial charge in [-0.05, 0) is 69.4 Å². The second kappa shape index (κ2) is 25.6. The van der Waals surface area contributed by atoms with Gasteiger partial charge in [0, 0.05) is 80.0 Å². The Hall–Kier alpha value is -6.45. The second-order valence-corrected chi connectivity index (χ2v) is 21.3. The van der Waals surface area contributed by atoms with Crippen molar-refractivity contribution in [2.75, 3.05) is 52.0 Å². The van der Waals surface area contributed by atoms with Gasteiger partial charge in [-0.3, -0.25) is 29.4 Å². The second-order valence-electron chi connectivity index (χ2n) is 21.3. The molecule has 2 aliphatic heterocycles. The minimum Gasteiger partial charge on any atom is -0.469 e. The Morgan fingerprint density at radius 2 is 1.44 bits per heavy atom. The summed E-state index contributed by atoms with van der Waals surface area (Å²) in [5.41, 5.74) is -3.50. The van der Waals surface area contributed by atoms with Crippen molar-refractivity contribution < 1.29 is 82.4 Å². The lowest BCUT2D eigenvalue weighted by atomic mass is 9.75. The smallest absolute Gasteiger partial charge is 0.407 e. The lowest BCUT2D eigenvalue weighted by Gasteiger charge is -2.49. The number of nitrogens with zero attached hydrogens (tertiary/aromatic N) is 7. The number of methoxy groups -OCH3 is 2. The number of esters is 1. The van der Waals surface area contributed by atoms with Crippen molar-refractivity contribution in [2.24, 2.45) is 22.7 Å². The van der Waals surface area contributed by atoms with Crippen molar-refractivity contribution in [1.29, 1.82) is 0 Å². The minimum atomic E-state index is -5.15. The normalized spacial score (nSPS) is 18.3. The fourth-order valence-corrected chi connectivity index (χ4v) is 9.57. The third-order valence-electron chi connectivity index (χ3n) is 15.0. The summed E-state index contributed by atoms with van der Waals surface area (Å²) in [5, 5.41) is 18.6. The number of carbonyl (C=O) groups excluding carboxylic acids is 4. The summed E-state index contributed by atoms with van der Waals surface area (Å²) in [7, 11) is 1.71. The Morgan fingerprint density at radius 1 is 0.825 bits per heavy atom. The largest absolute Gasteiger partial charge is 0.469 e. The zero-order chi connectivity index (χ0) is 59.2. The van der Waals surface area contributed by atoms with Crippen LogP contribution in [0.1, 0.15) is 65.5 Å². The molecule has 4 aromatic rings. The summed E-state index contributed by atoms with van der Waals surface area (Å²) in [4.78, 5) is 67.2. The zero-order valence-electron chi connectivity index (χ0n) is 45.2. The van der Waals surface area contributed by atoms with Gasteiger partial charge in [0.1, 0.15) is 24.2 Å². The molecule has 0 unspecified atom stereocenters. The van der Waals surface area contributed by atoms with Crippen molar-refractivity contribution >= 4 is 29.7 Å². The van der Waals surface area contributed by atoms with Gasteiger partial charge in [-0.2, -0.15) is 31.4 Å². The molecule has 2 aromatic carbocycles. The van der Waals surface area contributed by atoms with E-state index >= 15 is 8.78 Å². The monoisotopic (exact) mass is 1150 g/mol. The molecule has 17 nitrogen and oxygen atoms in total. The van der Waals surface area contributed by atoms with Gasteiger partial charge in [-0.15, -0.1) is 0 Å². The Kier molecular flexibility index (Phi) is 20.0. The van der Waals surface area contributed by atoms with Gasteiger partial charge in [0.2, 0.25) is 11.9 Å². The van der Waals surface area contributed by atoms with Crippen LogP contribution >= 0.6 is 0 Å². The molecule has 80 heavy (non-hydrogen) atoms. The fourth-order valence-electron chi connectivity index (χ4n) is 9.57. The summed E-state index contributed by atoms with van der Waals surface area (Å²) in [6, 6.07) is 7.46. The Morgan fingerprint density at radius 3 is 1.98 bits per heavy atom. The molecule has 27 heteroatoms. The molecule has 3 N–H and O–H groups in total. The number of piperazine rings is 1. The number of amides is 2. The number of aromatic nitrogens is 4. The zero-order valence-corrected chi connectivity index (χ0v) is 45.2. The first-order chi connectivity index (χ1) is 37.3. The summed E-state index contributed by atoms with van der Waals surface area (Å²) in [5.74, 6) is -10.1. The molecule has 4 heterocycles. The maximum atomic E-state index is 16.2. The lowest BCUT2D eigenvalue weighted by Crippen LogP contribution is -2.63. The van der Waals surface area contributed by atoms with E-state index in [1.54, 1.807) is 36.7 Å². The van der Waals surface area contributed by atoms with Crippen molar-refractivity contribution in [3.63, 3.8) is 0 Å². The van der Waals surface area contributed by atoms with Gasteiger partial charge in [0.05, 0.1) is 68.4 Å². The molecule has 6 rings (SSSR count). The van der Waals surface area contributed by atoms with E-state index in [0.717, 1.165) is 43.8 Å². The maximum Gasteiger partial charge on any atom is 0.407 e. The third kappa shape index (κ3) is 14.9. The van der Waals surface area contributed by atoms with E-state index in [2.05, 4.69) is 53.6 Å². The van der Waals surface area contributed by atoms with E-state index in [9.17, 15) is 59.4 Å². The number of alkyl carbamates (subject to hydrolysis) is 1. The van der Waals surface area contributed by atoms with Crippen LogP contribution in [0, 0.1) is 34.3 Å². The van der Waals surface area contributed by atoms with Crippen LogP contribution in [0.2, 0.25) is 0 Å². The lowest BCUT2D eigenvalue weighted by molar-refractivity contribution is -0.231. The molecule has 0 aliphatic carbocycles. The number of alkyl halides is 8. The van der Waals surface area contributed by atoms with Crippen molar-refractivity contribution in [1.82, 2.24) is 40.4 Å². The number of ketones is 1. The molecule has 2 amide bonds. The topological polar surface area (TPSA) is 194 Å². The number of benzene rings is 2. The number of hydrogen-bond donors (Lipinski definition) is 3. The molecule has 0 saturated carbocycles.